The first-order valence-corrected chi connectivity index (χ1v) is 5.46. The molecular formula is C12H12ClNO2. The molecule has 0 amide bonds. The van der Waals surface area contributed by atoms with Crippen molar-refractivity contribution in [1.29, 1.82) is 5.26 Å². The third-order valence-electron chi connectivity index (χ3n) is 2.62. The zero-order valence-electron chi connectivity index (χ0n) is 8.94. The van der Waals surface area contributed by atoms with Gasteiger partial charge in [-0.15, -0.1) is 0 Å². The Morgan fingerprint density at radius 3 is 2.81 bits per heavy atom. The predicted molar refractivity (Wildman–Crippen MR) is 59.9 cm³/mol. The number of hydrogen-bond donors (Lipinski definition) is 0. The van der Waals surface area contributed by atoms with Crippen molar-refractivity contribution >= 4 is 11.6 Å². The standard InChI is InChI=1S/C12H12ClNO2/c1-12(9-2-4-10(13)5-3-9)15-8-11(16-12)6-7-14/h2-5,11H,6,8H2,1H3. The number of nitriles is 1. The Bertz CT molecular complexity index is 412. The van der Waals surface area contributed by atoms with Crippen LogP contribution in [0.5, 0.6) is 0 Å². The van der Waals surface area contributed by atoms with Gasteiger partial charge < -0.3 is 9.47 Å². The summed E-state index contributed by atoms with van der Waals surface area (Å²) in [5.74, 6) is -0.758. The van der Waals surface area contributed by atoms with Gasteiger partial charge in [0.1, 0.15) is 0 Å². The zero-order valence-corrected chi connectivity index (χ0v) is 9.70. The maximum absolute atomic E-state index is 8.60. The molecule has 0 radical (unpaired) electrons. The summed E-state index contributed by atoms with van der Waals surface area (Å²) in [5, 5.41) is 9.28. The van der Waals surface area contributed by atoms with Gasteiger partial charge in [-0.2, -0.15) is 5.26 Å². The summed E-state index contributed by atoms with van der Waals surface area (Å²) in [5.41, 5.74) is 0.914. The Morgan fingerprint density at radius 2 is 2.19 bits per heavy atom. The lowest BCUT2D eigenvalue weighted by Gasteiger charge is -2.23. The molecule has 1 aromatic carbocycles. The van der Waals surface area contributed by atoms with Crippen molar-refractivity contribution in [1.82, 2.24) is 0 Å². The fourth-order valence-electron chi connectivity index (χ4n) is 1.74. The molecule has 1 heterocycles. The second kappa shape index (κ2) is 4.42. The van der Waals surface area contributed by atoms with Crippen LogP contribution in [0, 0.1) is 11.3 Å². The smallest absolute Gasteiger partial charge is 0.192 e. The summed E-state index contributed by atoms with van der Waals surface area (Å²) in [6.45, 7) is 2.31. The number of ether oxygens (including phenoxy) is 2. The van der Waals surface area contributed by atoms with Gasteiger partial charge in [-0.05, 0) is 19.1 Å². The normalized spacial score (nSPS) is 28.9. The Labute approximate surface area is 99.5 Å². The molecule has 0 aliphatic carbocycles. The third-order valence-corrected chi connectivity index (χ3v) is 2.88. The van der Waals surface area contributed by atoms with E-state index >= 15 is 0 Å². The zero-order chi connectivity index (χ0) is 11.6. The molecule has 1 aliphatic rings. The molecule has 2 rings (SSSR count). The van der Waals surface area contributed by atoms with Gasteiger partial charge in [0.25, 0.3) is 0 Å². The van der Waals surface area contributed by atoms with E-state index in [-0.39, 0.29) is 6.10 Å². The number of halogens is 1. The molecule has 3 nitrogen and oxygen atoms in total. The number of nitrogens with zero attached hydrogens (tertiary/aromatic N) is 1. The lowest BCUT2D eigenvalue weighted by molar-refractivity contribution is -0.161. The van der Waals surface area contributed by atoms with Gasteiger partial charge in [-0.3, -0.25) is 0 Å². The molecule has 0 spiro atoms. The highest BCUT2D eigenvalue weighted by molar-refractivity contribution is 6.30. The van der Waals surface area contributed by atoms with Crippen molar-refractivity contribution in [2.24, 2.45) is 0 Å². The molecular weight excluding hydrogens is 226 g/mol. The SMILES string of the molecule is CC1(c2ccc(Cl)cc2)OCC(CC#N)O1. The Hall–Kier alpha value is -1.08. The van der Waals surface area contributed by atoms with Crippen LogP contribution in [0.3, 0.4) is 0 Å². The summed E-state index contributed by atoms with van der Waals surface area (Å²) in [6, 6.07) is 9.42. The summed E-state index contributed by atoms with van der Waals surface area (Å²) in [7, 11) is 0. The fourth-order valence-corrected chi connectivity index (χ4v) is 1.87. The van der Waals surface area contributed by atoms with Gasteiger partial charge in [0.05, 0.1) is 25.2 Å². The Morgan fingerprint density at radius 1 is 1.50 bits per heavy atom. The Kier molecular flexibility index (Phi) is 3.15. The van der Waals surface area contributed by atoms with E-state index in [1.54, 1.807) is 12.1 Å². The Balaban J connectivity index is 2.15. The van der Waals surface area contributed by atoms with Crippen LogP contribution in [0.1, 0.15) is 18.9 Å². The number of benzene rings is 1. The summed E-state index contributed by atoms with van der Waals surface area (Å²) in [6.07, 6.45) is 0.203. The van der Waals surface area contributed by atoms with Gasteiger partial charge in [0.2, 0.25) is 0 Å². The molecule has 1 aromatic rings. The molecule has 1 aliphatic heterocycles. The highest BCUT2D eigenvalue weighted by Gasteiger charge is 2.38. The van der Waals surface area contributed by atoms with Crippen molar-refractivity contribution < 1.29 is 9.47 Å². The van der Waals surface area contributed by atoms with Crippen LogP contribution in [-0.2, 0) is 15.3 Å². The number of hydrogen-bond acceptors (Lipinski definition) is 3. The third kappa shape index (κ3) is 2.19. The van der Waals surface area contributed by atoms with Gasteiger partial charge in [-0.1, -0.05) is 23.7 Å². The van der Waals surface area contributed by atoms with Crippen LogP contribution in [-0.4, -0.2) is 12.7 Å². The summed E-state index contributed by atoms with van der Waals surface area (Å²) < 4.78 is 11.3. The number of rotatable bonds is 2. The minimum absolute atomic E-state index is 0.148. The molecule has 0 aromatic heterocycles. The predicted octanol–water partition coefficient (Wildman–Crippen LogP) is 2.84. The molecule has 4 heteroatoms. The van der Waals surface area contributed by atoms with Gasteiger partial charge in [-0.25, -0.2) is 0 Å². The van der Waals surface area contributed by atoms with Crippen molar-refractivity contribution in [3.05, 3.63) is 34.9 Å². The van der Waals surface area contributed by atoms with Crippen LogP contribution in [0.2, 0.25) is 5.02 Å². The maximum atomic E-state index is 8.60. The van der Waals surface area contributed by atoms with Crippen LogP contribution in [0.4, 0.5) is 0 Å². The van der Waals surface area contributed by atoms with E-state index in [9.17, 15) is 0 Å². The molecule has 2 unspecified atom stereocenters. The first-order chi connectivity index (χ1) is 7.64. The highest BCUT2D eigenvalue weighted by Crippen LogP contribution is 2.34. The van der Waals surface area contributed by atoms with Crippen molar-refractivity contribution in [3.8, 4) is 6.07 Å². The molecule has 2 atom stereocenters. The van der Waals surface area contributed by atoms with Gasteiger partial charge in [0.15, 0.2) is 5.79 Å². The summed E-state index contributed by atoms with van der Waals surface area (Å²) >= 11 is 5.82. The molecule has 0 bridgehead atoms. The second-order valence-corrected chi connectivity index (χ2v) is 4.30. The van der Waals surface area contributed by atoms with Crippen LogP contribution in [0.25, 0.3) is 0 Å². The van der Waals surface area contributed by atoms with E-state index in [1.165, 1.54) is 0 Å². The van der Waals surface area contributed by atoms with Gasteiger partial charge in [0, 0.05) is 10.6 Å². The second-order valence-electron chi connectivity index (χ2n) is 3.87. The van der Waals surface area contributed by atoms with Crippen LogP contribution >= 0.6 is 11.6 Å². The molecule has 1 saturated heterocycles. The van der Waals surface area contributed by atoms with E-state index in [0.717, 1.165) is 5.56 Å². The van der Waals surface area contributed by atoms with Crippen molar-refractivity contribution in [3.63, 3.8) is 0 Å². The summed E-state index contributed by atoms with van der Waals surface area (Å²) in [4.78, 5) is 0. The van der Waals surface area contributed by atoms with Crippen molar-refractivity contribution in [2.75, 3.05) is 6.61 Å². The maximum Gasteiger partial charge on any atom is 0.192 e. The minimum atomic E-state index is -0.758. The lowest BCUT2D eigenvalue weighted by atomic mass is 10.1. The van der Waals surface area contributed by atoms with Crippen molar-refractivity contribution in [2.45, 2.75) is 25.2 Å². The largest absolute Gasteiger partial charge is 0.343 e. The first-order valence-electron chi connectivity index (χ1n) is 5.09. The van der Waals surface area contributed by atoms with Crippen LogP contribution in [0.15, 0.2) is 24.3 Å². The average molecular weight is 238 g/mol. The van der Waals surface area contributed by atoms with Gasteiger partial charge >= 0.3 is 0 Å². The monoisotopic (exact) mass is 237 g/mol. The molecule has 84 valence electrons. The van der Waals surface area contributed by atoms with E-state index < -0.39 is 5.79 Å². The highest BCUT2D eigenvalue weighted by atomic mass is 35.5. The minimum Gasteiger partial charge on any atom is -0.343 e. The average Bonchev–Trinajstić information content (AvgIpc) is 2.63. The molecule has 16 heavy (non-hydrogen) atoms. The quantitative estimate of drug-likeness (QED) is 0.794. The van der Waals surface area contributed by atoms with E-state index in [1.807, 2.05) is 19.1 Å². The molecule has 1 fully saturated rings. The molecule has 0 saturated carbocycles. The van der Waals surface area contributed by atoms with E-state index in [4.69, 9.17) is 26.3 Å². The lowest BCUT2D eigenvalue weighted by Crippen LogP contribution is -2.23. The first kappa shape index (κ1) is 11.4. The molecule has 0 N–H and O–H groups in total. The fraction of sp³-hybridized carbons (Fsp3) is 0.417. The topological polar surface area (TPSA) is 42.2 Å². The van der Waals surface area contributed by atoms with E-state index in [0.29, 0.717) is 18.1 Å². The van der Waals surface area contributed by atoms with E-state index in [2.05, 4.69) is 6.07 Å². The van der Waals surface area contributed by atoms with Crippen LogP contribution < -0.4 is 0 Å².